The number of nitrogens with one attached hydrogen (secondary N) is 1. The van der Waals surface area contributed by atoms with Crippen LogP contribution < -0.4 is 5.32 Å². The SMILES string of the molecule is O=C(NCCCCCCOC(=O)C(F)(F)F)C(F)(F)F. The monoisotopic (exact) mass is 309 g/mol. The predicted molar refractivity (Wildman–Crippen MR) is 54.5 cm³/mol. The number of carbonyl (C=O) groups excluding carboxylic acids is 2. The summed E-state index contributed by atoms with van der Waals surface area (Å²) in [5.74, 6) is -4.30. The zero-order chi connectivity index (χ0) is 15.8. The summed E-state index contributed by atoms with van der Waals surface area (Å²) in [7, 11) is 0. The predicted octanol–water partition coefficient (Wildman–Crippen LogP) is 2.33. The Labute approximate surface area is 110 Å². The van der Waals surface area contributed by atoms with Crippen molar-refractivity contribution in [1.82, 2.24) is 5.32 Å². The molecule has 0 saturated carbocycles. The Hall–Kier alpha value is -1.48. The van der Waals surface area contributed by atoms with E-state index < -0.39 is 30.8 Å². The van der Waals surface area contributed by atoms with Crippen LogP contribution in [-0.4, -0.2) is 37.4 Å². The minimum atomic E-state index is -5.03. The van der Waals surface area contributed by atoms with Crippen molar-refractivity contribution >= 4 is 11.9 Å². The first kappa shape index (κ1) is 18.5. The first-order valence-electron chi connectivity index (χ1n) is 5.64. The molecule has 0 fully saturated rings. The van der Waals surface area contributed by atoms with Crippen molar-refractivity contribution in [2.24, 2.45) is 0 Å². The van der Waals surface area contributed by atoms with Gasteiger partial charge in [-0.2, -0.15) is 26.3 Å². The van der Waals surface area contributed by atoms with Crippen molar-refractivity contribution < 1.29 is 40.7 Å². The van der Waals surface area contributed by atoms with Gasteiger partial charge in [-0.05, 0) is 19.3 Å². The molecule has 0 atom stereocenters. The zero-order valence-corrected chi connectivity index (χ0v) is 10.2. The number of rotatable bonds is 7. The number of unbranched alkanes of at least 4 members (excludes halogenated alkanes) is 3. The van der Waals surface area contributed by atoms with Crippen LogP contribution >= 0.6 is 0 Å². The molecule has 1 N–H and O–H groups in total. The number of amides is 1. The van der Waals surface area contributed by atoms with E-state index in [9.17, 15) is 35.9 Å². The largest absolute Gasteiger partial charge is 0.490 e. The Morgan fingerprint density at radius 2 is 1.40 bits per heavy atom. The maximum atomic E-state index is 11.7. The molecule has 0 aromatic rings. The average Bonchev–Trinajstić information content (AvgIpc) is 2.29. The third kappa shape index (κ3) is 8.59. The highest BCUT2D eigenvalue weighted by Gasteiger charge is 2.40. The fourth-order valence-corrected chi connectivity index (χ4v) is 1.13. The highest BCUT2D eigenvalue weighted by Crippen LogP contribution is 2.16. The molecule has 0 unspecified atom stereocenters. The molecule has 20 heavy (non-hydrogen) atoms. The summed E-state index contributed by atoms with van der Waals surface area (Å²) >= 11 is 0. The number of carbonyl (C=O) groups is 2. The van der Waals surface area contributed by atoms with Crippen LogP contribution in [0.3, 0.4) is 0 Å². The molecule has 0 aliphatic heterocycles. The van der Waals surface area contributed by atoms with Gasteiger partial charge in [-0.1, -0.05) is 6.42 Å². The third-order valence-electron chi connectivity index (χ3n) is 2.08. The van der Waals surface area contributed by atoms with E-state index in [1.54, 1.807) is 5.32 Å². The fourth-order valence-electron chi connectivity index (χ4n) is 1.13. The Balaban J connectivity index is 3.47. The van der Waals surface area contributed by atoms with Gasteiger partial charge in [0.1, 0.15) is 0 Å². The van der Waals surface area contributed by atoms with E-state index in [0.717, 1.165) is 0 Å². The summed E-state index contributed by atoms with van der Waals surface area (Å²) in [5, 5.41) is 1.65. The van der Waals surface area contributed by atoms with Gasteiger partial charge < -0.3 is 10.1 Å². The van der Waals surface area contributed by atoms with Crippen LogP contribution in [-0.2, 0) is 14.3 Å². The van der Waals surface area contributed by atoms with E-state index in [0.29, 0.717) is 12.8 Å². The van der Waals surface area contributed by atoms with E-state index in [-0.39, 0.29) is 19.4 Å². The molecule has 0 aliphatic rings. The highest BCUT2D eigenvalue weighted by atomic mass is 19.4. The summed E-state index contributed by atoms with van der Waals surface area (Å²) in [6, 6.07) is 0. The second kappa shape index (κ2) is 7.95. The first-order chi connectivity index (χ1) is 9.05. The van der Waals surface area contributed by atoms with Crippen LogP contribution in [0.4, 0.5) is 26.3 Å². The number of hydrogen-bond donors (Lipinski definition) is 1. The lowest BCUT2D eigenvalue weighted by atomic mass is 10.2. The van der Waals surface area contributed by atoms with E-state index in [4.69, 9.17) is 0 Å². The number of esters is 1. The summed E-state index contributed by atoms with van der Waals surface area (Å²) < 4.78 is 74.2. The molecule has 10 heteroatoms. The third-order valence-corrected chi connectivity index (χ3v) is 2.08. The van der Waals surface area contributed by atoms with Crippen molar-refractivity contribution in [3.05, 3.63) is 0 Å². The molecular formula is C10H13F6NO3. The van der Waals surface area contributed by atoms with Gasteiger partial charge >= 0.3 is 24.2 Å². The quantitative estimate of drug-likeness (QED) is 0.446. The normalized spacial score (nSPS) is 12.1. The van der Waals surface area contributed by atoms with E-state index in [2.05, 4.69) is 4.74 Å². The van der Waals surface area contributed by atoms with Crippen LogP contribution in [0.25, 0.3) is 0 Å². The Bertz CT molecular complexity index is 294. The van der Waals surface area contributed by atoms with Crippen molar-refractivity contribution in [2.45, 2.75) is 38.0 Å². The maximum absolute atomic E-state index is 11.7. The van der Waals surface area contributed by atoms with Gasteiger partial charge in [0.2, 0.25) is 0 Å². The van der Waals surface area contributed by atoms with Gasteiger partial charge in [0, 0.05) is 6.54 Å². The lowest BCUT2D eigenvalue weighted by Gasteiger charge is -2.08. The molecular weight excluding hydrogens is 296 g/mol. The van der Waals surface area contributed by atoms with E-state index in [1.165, 1.54) is 0 Å². The van der Waals surface area contributed by atoms with Crippen molar-refractivity contribution in [3.63, 3.8) is 0 Å². The lowest BCUT2D eigenvalue weighted by molar-refractivity contribution is -0.199. The maximum Gasteiger partial charge on any atom is 0.490 e. The van der Waals surface area contributed by atoms with Gasteiger partial charge in [0.15, 0.2) is 0 Å². The van der Waals surface area contributed by atoms with Gasteiger partial charge in [0.25, 0.3) is 0 Å². The fraction of sp³-hybridized carbons (Fsp3) is 0.800. The summed E-state index contributed by atoms with van der Waals surface area (Å²) in [6.07, 6.45) is -8.79. The lowest BCUT2D eigenvalue weighted by Crippen LogP contribution is -2.37. The molecule has 0 aromatic heterocycles. The topological polar surface area (TPSA) is 55.4 Å². The molecule has 0 radical (unpaired) electrons. The Morgan fingerprint density at radius 3 is 1.90 bits per heavy atom. The molecule has 0 aliphatic carbocycles. The summed E-state index contributed by atoms with van der Waals surface area (Å²) in [5.41, 5.74) is 0. The zero-order valence-electron chi connectivity index (χ0n) is 10.2. The molecule has 4 nitrogen and oxygen atoms in total. The van der Waals surface area contributed by atoms with Crippen molar-refractivity contribution in [1.29, 1.82) is 0 Å². The highest BCUT2D eigenvalue weighted by molar-refractivity contribution is 5.81. The molecule has 0 heterocycles. The van der Waals surface area contributed by atoms with Gasteiger partial charge in [-0.3, -0.25) is 4.79 Å². The van der Waals surface area contributed by atoms with Crippen LogP contribution in [0.5, 0.6) is 0 Å². The first-order valence-corrected chi connectivity index (χ1v) is 5.64. The van der Waals surface area contributed by atoms with Gasteiger partial charge in [-0.25, -0.2) is 4.79 Å². The van der Waals surface area contributed by atoms with Crippen molar-refractivity contribution in [3.8, 4) is 0 Å². The molecule has 0 aromatic carbocycles. The van der Waals surface area contributed by atoms with Crippen molar-refractivity contribution in [2.75, 3.05) is 13.2 Å². The van der Waals surface area contributed by atoms with E-state index >= 15 is 0 Å². The number of hydrogen-bond acceptors (Lipinski definition) is 3. The number of halogens is 6. The Kier molecular flexibility index (Phi) is 7.36. The second-order valence-electron chi connectivity index (χ2n) is 3.80. The molecule has 0 rings (SSSR count). The molecule has 118 valence electrons. The minimum Gasteiger partial charge on any atom is -0.459 e. The molecule has 0 spiro atoms. The number of alkyl halides is 6. The second-order valence-corrected chi connectivity index (χ2v) is 3.80. The summed E-state index contributed by atoms with van der Waals surface area (Å²) in [6.45, 7) is -0.589. The molecule has 0 bridgehead atoms. The van der Waals surface area contributed by atoms with Gasteiger partial charge in [-0.15, -0.1) is 0 Å². The van der Waals surface area contributed by atoms with Crippen LogP contribution in [0.1, 0.15) is 25.7 Å². The smallest absolute Gasteiger partial charge is 0.459 e. The molecule has 0 saturated heterocycles. The number of ether oxygens (including phenoxy) is 1. The Morgan fingerprint density at radius 1 is 0.850 bits per heavy atom. The van der Waals surface area contributed by atoms with Gasteiger partial charge in [0.05, 0.1) is 6.61 Å². The van der Waals surface area contributed by atoms with Crippen LogP contribution in [0.2, 0.25) is 0 Å². The van der Waals surface area contributed by atoms with Crippen LogP contribution in [0.15, 0.2) is 0 Å². The molecule has 1 amide bonds. The summed E-state index contributed by atoms with van der Waals surface area (Å²) in [4.78, 5) is 20.6. The average molecular weight is 309 g/mol. The standard InChI is InChI=1S/C10H13F6NO3/c11-9(12,13)7(18)17-5-3-1-2-4-6-20-8(19)10(14,15)16/h1-6H2,(H,17,18). The van der Waals surface area contributed by atoms with E-state index in [1.807, 2.05) is 0 Å². The van der Waals surface area contributed by atoms with Crippen LogP contribution in [0, 0.1) is 0 Å². The minimum absolute atomic E-state index is 0.162.